The third-order valence-corrected chi connectivity index (χ3v) is 3.11. The maximum Gasteiger partial charge on any atom is 0.140 e. The summed E-state index contributed by atoms with van der Waals surface area (Å²) in [5.41, 5.74) is 3.17. The van der Waals surface area contributed by atoms with E-state index in [4.69, 9.17) is 11.6 Å². The fraction of sp³-hybridized carbons (Fsp3) is 0.0714. The number of fused-ring (bicyclic) bond motifs is 1. The Labute approximate surface area is 104 Å². The van der Waals surface area contributed by atoms with Crippen molar-refractivity contribution in [3.05, 3.63) is 53.6 Å². The summed E-state index contributed by atoms with van der Waals surface area (Å²) in [6.07, 6.45) is 0. The number of hydrogen-bond donors (Lipinski definition) is 0. The molecule has 0 spiro atoms. The molecule has 0 unspecified atom stereocenters. The highest BCUT2D eigenvalue weighted by atomic mass is 35.5. The second kappa shape index (κ2) is 3.90. The summed E-state index contributed by atoms with van der Waals surface area (Å²) in [5.74, 6) is 0.939. The van der Waals surface area contributed by atoms with Crippen LogP contribution in [0.3, 0.4) is 0 Å². The van der Waals surface area contributed by atoms with Crippen LogP contribution in [0.4, 0.5) is 0 Å². The monoisotopic (exact) mass is 242 g/mol. The number of imidazole rings is 1. The molecule has 0 fully saturated rings. The highest BCUT2D eigenvalue weighted by molar-refractivity contribution is 6.30. The zero-order valence-electron chi connectivity index (χ0n) is 9.39. The Hall–Kier alpha value is -1.80. The quantitative estimate of drug-likeness (QED) is 0.633. The number of hydrogen-bond acceptors (Lipinski definition) is 1. The molecule has 0 radical (unpaired) electrons. The first-order valence-corrected chi connectivity index (χ1v) is 5.81. The third kappa shape index (κ3) is 1.71. The molecule has 3 heteroatoms. The van der Waals surface area contributed by atoms with Crippen LogP contribution in [0.15, 0.2) is 48.5 Å². The van der Waals surface area contributed by atoms with Gasteiger partial charge >= 0.3 is 0 Å². The standard InChI is InChI=1S/C14H11ClN2/c1-17-13-8-3-2-7-12(13)16-14(17)10-5-4-6-11(15)9-10/h2-9H,1H3. The summed E-state index contributed by atoms with van der Waals surface area (Å²) in [4.78, 5) is 4.63. The lowest BCUT2D eigenvalue weighted by molar-refractivity contribution is 0.959. The highest BCUT2D eigenvalue weighted by Gasteiger charge is 2.08. The van der Waals surface area contributed by atoms with E-state index in [-0.39, 0.29) is 0 Å². The minimum Gasteiger partial charge on any atom is -0.327 e. The van der Waals surface area contributed by atoms with Gasteiger partial charge < -0.3 is 4.57 Å². The van der Waals surface area contributed by atoms with E-state index in [1.807, 2.05) is 49.5 Å². The number of rotatable bonds is 1. The minimum absolute atomic E-state index is 0.731. The Morgan fingerprint density at radius 2 is 1.88 bits per heavy atom. The van der Waals surface area contributed by atoms with Crippen LogP contribution in [0, 0.1) is 0 Å². The molecule has 2 nitrogen and oxygen atoms in total. The smallest absolute Gasteiger partial charge is 0.140 e. The molecule has 3 aromatic rings. The van der Waals surface area contributed by atoms with E-state index >= 15 is 0 Å². The van der Waals surface area contributed by atoms with Crippen molar-refractivity contribution in [1.82, 2.24) is 9.55 Å². The lowest BCUT2D eigenvalue weighted by Crippen LogP contribution is -1.91. The maximum absolute atomic E-state index is 6.01. The molecule has 0 amide bonds. The van der Waals surface area contributed by atoms with Crippen molar-refractivity contribution in [2.24, 2.45) is 7.05 Å². The van der Waals surface area contributed by atoms with E-state index in [1.54, 1.807) is 0 Å². The normalized spacial score (nSPS) is 10.9. The first-order valence-electron chi connectivity index (χ1n) is 5.43. The van der Waals surface area contributed by atoms with Gasteiger partial charge in [0, 0.05) is 17.6 Å². The van der Waals surface area contributed by atoms with Gasteiger partial charge in [0.05, 0.1) is 11.0 Å². The van der Waals surface area contributed by atoms with Crippen LogP contribution in [-0.4, -0.2) is 9.55 Å². The summed E-state index contributed by atoms with van der Waals surface area (Å²) in [6.45, 7) is 0. The highest BCUT2D eigenvalue weighted by Crippen LogP contribution is 2.25. The fourth-order valence-electron chi connectivity index (χ4n) is 2.03. The zero-order chi connectivity index (χ0) is 11.8. The molecule has 0 aliphatic carbocycles. The summed E-state index contributed by atoms with van der Waals surface area (Å²) in [6, 6.07) is 15.9. The molecule has 0 atom stereocenters. The Morgan fingerprint density at radius 3 is 2.65 bits per heavy atom. The van der Waals surface area contributed by atoms with E-state index < -0.39 is 0 Å². The van der Waals surface area contributed by atoms with Crippen LogP contribution in [0.2, 0.25) is 5.02 Å². The third-order valence-electron chi connectivity index (χ3n) is 2.87. The van der Waals surface area contributed by atoms with Crippen molar-refractivity contribution in [2.45, 2.75) is 0 Å². The molecule has 1 aromatic heterocycles. The molecular weight excluding hydrogens is 232 g/mol. The van der Waals surface area contributed by atoms with Crippen molar-refractivity contribution >= 4 is 22.6 Å². The average molecular weight is 243 g/mol. The second-order valence-corrected chi connectivity index (χ2v) is 4.43. The summed E-state index contributed by atoms with van der Waals surface area (Å²) < 4.78 is 2.08. The van der Waals surface area contributed by atoms with Crippen molar-refractivity contribution < 1.29 is 0 Å². The van der Waals surface area contributed by atoms with Crippen LogP contribution < -0.4 is 0 Å². The van der Waals surface area contributed by atoms with E-state index in [1.165, 1.54) is 0 Å². The lowest BCUT2D eigenvalue weighted by atomic mass is 10.2. The van der Waals surface area contributed by atoms with E-state index in [0.29, 0.717) is 0 Å². The first-order chi connectivity index (χ1) is 8.25. The van der Waals surface area contributed by atoms with Crippen LogP contribution in [0.1, 0.15) is 0 Å². The summed E-state index contributed by atoms with van der Waals surface area (Å²) >= 11 is 6.01. The molecule has 0 saturated carbocycles. The maximum atomic E-state index is 6.01. The second-order valence-electron chi connectivity index (χ2n) is 3.99. The van der Waals surface area contributed by atoms with Crippen molar-refractivity contribution in [1.29, 1.82) is 0 Å². The van der Waals surface area contributed by atoms with Crippen LogP contribution >= 0.6 is 11.6 Å². The molecule has 0 N–H and O–H groups in total. The number of aryl methyl sites for hydroxylation is 1. The number of nitrogens with zero attached hydrogens (tertiary/aromatic N) is 2. The Kier molecular flexibility index (Phi) is 2.37. The zero-order valence-corrected chi connectivity index (χ0v) is 10.1. The predicted molar refractivity (Wildman–Crippen MR) is 71.2 cm³/mol. The molecule has 0 aliphatic rings. The minimum atomic E-state index is 0.731. The predicted octanol–water partition coefficient (Wildman–Crippen LogP) is 3.89. The van der Waals surface area contributed by atoms with Crippen LogP contribution in [0.25, 0.3) is 22.4 Å². The number of para-hydroxylation sites is 2. The van der Waals surface area contributed by atoms with Crippen molar-refractivity contribution in [2.75, 3.05) is 0 Å². The van der Waals surface area contributed by atoms with Crippen LogP contribution in [0.5, 0.6) is 0 Å². The topological polar surface area (TPSA) is 17.8 Å². The number of halogens is 1. The van der Waals surface area contributed by atoms with Gasteiger partial charge in [-0.15, -0.1) is 0 Å². The van der Waals surface area contributed by atoms with Gasteiger partial charge in [-0.2, -0.15) is 0 Å². The molecule has 0 aliphatic heterocycles. The summed E-state index contributed by atoms with van der Waals surface area (Å²) in [5, 5.41) is 0.731. The molecular formula is C14H11ClN2. The molecule has 3 rings (SSSR count). The van der Waals surface area contributed by atoms with E-state index in [9.17, 15) is 0 Å². The molecule has 1 heterocycles. The SMILES string of the molecule is Cn1c(-c2cccc(Cl)c2)nc2ccccc21. The Morgan fingerprint density at radius 1 is 1.06 bits per heavy atom. The average Bonchev–Trinajstić information content (AvgIpc) is 2.68. The van der Waals surface area contributed by atoms with Gasteiger partial charge in [0.1, 0.15) is 5.82 Å². The van der Waals surface area contributed by atoms with E-state index in [2.05, 4.69) is 15.6 Å². The van der Waals surface area contributed by atoms with E-state index in [0.717, 1.165) is 27.4 Å². The van der Waals surface area contributed by atoms with Crippen molar-refractivity contribution in [3.63, 3.8) is 0 Å². The Bertz CT molecular complexity index is 686. The largest absolute Gasteiger partial charge is 0.327 e. The van der Waals surface area contributed by atoms with Gasteiger partial charge in [0.15, 0.2) is 0 Å². The first kappa shape index (κ1) is 10.4. The lowest BCUT2D eigenvalue weighted by Gasteiger charge is -2.02. The molecule has 84 valence electrons. The van der Waals surface area contributed by atoms with Gasteiger partial charge in [0.2, 0.25) is 0 Å². The molecule has 0 bridgehead atoms. The molecule has 0 saturated heterocycles. The number of benzene rings is 2. The summed E-state index contributed by atoms with van der Waals surface area (Å²) in [7, 11) is 2.02. The van der Waals surface area contributed by atoms with Gasteiger partial charge in [-0.1, -0.05) is 35.9 Å². The van der Waals surface area contributed by atoms with Crippen molar-refractivity contribution in [3.8, 4) is 11.4 Å². The fourth-order valence-corrected chi connectivity index (χ4v) is 2.22. The number of aromatic nitrogens is 2. The van der Waals surface area contributed by atoms with Gasteiger partial charge in [-0.25, -0.2) is 4.98 Å². The molecule has 2 aromatic carbocycles. The Balaban J connectivity index is 2.27. The van der Waals surface area contributed by atoms with Gasteiger partial charge in [0.25, 0.3) is 0 Å². The van der Waals surface area contributed by atoms with Crippen LogP contribution in [-0.2, 0) is 7.05 Å². The van der Waals surface area contributed by atoms with Gasteiger partial charge in [-0.3, -0.25) is 0 Å². The van der Waals surface area contributed by atoms with Gasteiger partial charge in [-0.05, 0) is 24.3 Å². The molecule has 17 heavy (non-hydrogen) atoms.